The maximum Gasteiger partial charge on any atom is 0.355 e. The number of carbonyl (C=O) groups is 3. The summed E-state index contributed by atoms with van der Waals surface area (Å²) in [5.41, 5.74) is 1.09. The molecule has 150 valence electrons. The van der Waals surface area contributed by atoms with Gasteiger partial charge in [-0.15, -0.1) is 0 Å². The average Bonchev–Trinajstić information content (AvgIpc) is 2.92. The fourth-order valence-electron chi connectivity index (χ4n) is 2.56. The van der Waals surface area contributed by atoms with Crippen molar-refractivity contribution in [2.24, 2.45) is 0 Å². The van der Waals surface area contributed by atoms with Crippen LogP contribution < -0.4 is 5.32 Å². The van der Waals surface area contributed by atoms with Gasteiger partial charge in [-0.25, -0.2) is 14.0 Å². The van der Waals surface area contributed by atoms with E-state index in [1.165, 1.54) is 19.1 Å². The average molecular weight is 455 g/mol. The number of ether oxygens (including phenoxy) is 2. The summed E-state index contributed by atoms with van der Waals surface area (Å²) in [7, 11) is 0. The minimum atomic E-state index is -1.19. The smallest absolute Gasteiger partial charge is 0.355 e. The predicted molar refractivity (Wildman–Crippen MR) is 104 cm³/mol. The number of hydrogen-bond acceptors (Lipinski definition) is 5. The Morgan fingerprint density at radius 2 is 1.93 bits per heavy atom. The molecule has 1 heterocycles. The number of carbonyl (C=O) groups excluding carboxylic acids is 3. The van der Waals surface area contributed by atoms with Crippen molar-refractivity contribution in [3.05, 3.63) is 51.0 Å². The van der Waals surface area contributed by atoms with Gasteiger partial charge in [-0.2, -0.15) is 0 Å². The number of benzene rings is 1. The molecule has 1 aromatic heterocycles. The summed E-state index contributed by atoms with van der Waals surface area (Å²) >= 11 is 3.13. The highest BCUT2D eigenvalue weighted by atomic mass is 79.9. The molecule has 2 rings (SSSR count). The highest BCUT2D eigenvalue weighted by molar-refractivity contribution is 9.10. The van der Waals surface area contributed by atoms with Crippen molar-refractivity contribution in [3.63, 3.8) is 0 Å². The number of aromatic amines is 1. The van der Waals surface area contributed by atoms with Crippen molar-refractivity contribution in [2.45, 2.75) is 33.8 Å². The second-order valence-corrected chi connectivity index (χ2v) is 6.92. The normalized spacial score (nSPS) is 11.6. The molecule has 1 unspecified atom stereocenters. The molecule has 28 heavy (non-hydrogen) atoms. The number of hydrogen-bond donors (Lipinski definition) is 2. The van der Waals surface area contributed by atoms with Gasteiger partial charge in [0, 0.05) is 10.2 Å². The summed E-state index contributed by atoms with van der Waals surface area (Å²) in [4.78, 5) is 39.4. The van der Waals surface area contributed by atoms with E-state index < -0.39 is 29.8 Å². The zero-order chi connectivity index (χ0) is 21.0. The van der Waals surface area contributed by atoms with Gasteiger partial charge in [-0.3, -0.25) is 4.79 Å². The van der Waals surface area contributed by atoms with Crippen LogP contribution in [0.5, 0.6) is 0 Å². The van der Waals surface area contributed by atoms with Crippen molar-refractivity contribution in [1.82, 2.24) is 4.98 Å². The molecular weight excluding hydrogens is 435 g/mol. The summed E-state index contributed by atoms with van der Waals surface area (Å²) in [5, 5.41) is 2.36. The summed E-state index contributed by atoms with van der Waals surface area (Å²) in [5.74, 6) is -2.68. The molecule has 9 heteroatoms. The molecule has 0 radical (unpaired) electrons. The van der Waals surface area contributed by atoms with Crippen molar-refractivity contribution in [3.8, 4) is 0 Å². The highest BCUT2D eigenvalue weighted by Crippen LogP contribution is 2.22. The monoisotopic (exact) mass is 454 g/mol. The van der Waals surface area contributed by atoms with Gasteiger partial charge in [0.05, 0.1) is 17.9 Å². The third-order valence-electron chi connectivity index (χ3n) is 3.96. The Bertz CT molecular complexity index is 925. The fraction of sp³-hybridized carbons (Fsp3) is 0.316. The number of H-pyrrole nitrogens is 1. The minimum Gasteiger partial charge on any atom is -0.462 e. The molecule has 0 aliphatic heterocycles. The highest BCUT2D eigenvalue weighted by Gasteiger charge is 2.26. The van der Waals surface area contributed by atoms with Crippen molar-refractivity contribution >= 4 is 39.5 Å². The van der Waals surface area contributed by atoms with Gasteiger partial charge >= 0.3 is 11.9 Å². The van der Waals surface area contributed by atoms with Crippen LogP contribution in [-0.2, 0) is 14.3 Å². The topological polar surface area (TPSA) is 97.5 Å². The molecule has 7 nitrogen and oxygen atoms in total. The second kappa shape index (κ2) is 9.01. The van der Waals surface area contributed by atoms with Crippen LogP contribution in [0.1, 0.15) is 46.0 Å². The Kier molecular flexibility index (Phi) is 6.95. The fourth-order valence-corrected chi connectivity index (χ4v) is 2.89. The van der Waals surface area contributed by atoms with Gasteiger partial charge < -0.3 is 19.8 Å². The zero-order valence-corrected chi connectivity index (χ0v) is 17.4. The van der Waals surface area contributed by atoms with Crippen LogP contribution >= 0.6 is 15.9 Å². The molecule has 0 bridgehead atoms. The van der Waals surface area contributed by atoms with Gasteiger partial charge in [0.2, 0.25) is 0 Å². The molecule has 0 aliphatic rings. The maximum absolute atomic E-state index is 13.8. The SMILES string of the molecule is CCOC(=O)c1c(C)[nH]c(C(=O)OC(C)C(=O)Nc2ccc(Br)cc2F)c1C. The third kappa shape index (κ3) is 4.78. The first-order valence-electron chi connectivity index (χ1n) is 8.48. The largest absolute Gasteiger partial charge is 0.462 e. The molecule has 0 saturated heterocycles. The number of halogens is 2. The number of rotatable bonds is 6. The van der Waals surface area contributed by atoms with E-state index in [9.17, 15) is 18.8 Å². The quantitative estimate of drug-likeness (QED) is 0.645. The Labute approximate surface area is 169 Å². The standard InChI is InChI=1S/C19H20BrFN2O5/c1-5-27-18(25)15-9(2)16(22-10(15)3)19(26)28-11(4)17(24)23-14-7-6-12(20)8-13(14)21/h6-8,11,22H,5H2,1-4H3,(H,23,24). The van der Waals surface area contributed by atoms with E-state index in [4.69, 9.17) is 9.47 Å². The first-order chi connectivity index (χ1) is 13.1. The van der Waals surface area contributed by atoms with Gasteiger partial charge in [0.1, 0.15) is 11.5 Å². The molecular formula is C19H20BrFN2O5. The first kappa shape index (κ1) is 21.6. The van der Waals surface area contributed by atoms with E-state index in [-0.39, 0.29) is 23.6 Å². The molecule has 0 aliphatic carbocycles. The van der Waals surface area contributed by atoms with Crippen LogP contribution in [0.2, 0.25) is 0 Å². The number of aryl methyl sites for hydroxylation is 1. The van der Waals surface area contributed by atoms with E-state index in [1.54, 1.807) is 26.8 Å². The lowest BCUT2D eigenvalue weighted by atomic mass is 10.1. The summed E-state index contributed by atoms with van der Waals surface area (Å²) < 4.78 is 24.5. The van der Waals surface area contributed by atoms with E-state index >= 15 is 0 Å². The van der Waals surface area contributed by atoms with Crippen LogP contribution in [-0.4, -0.2) is 35.5 Å². The molecule has 2 aromatic rings. The molecule has 1 aromatic carbocycles. The summed E-state index contributed by atoms with van der Waals surface area (Å²) in [6, 6.07) is 4.15. The lowest BCUT2D eigenvalue weighted by molar-refractivity contribution is -0.123. The van der Waals surface area contributed by atoms with Crippen molar-refractivity contribution in [1.29, 1.82) is 0 Å². The zero-order valence-electron chi connectivity index (χ0n) is 15.8. The third-order valence-corrected chi connectivity index (χ3v) is 4.46. The van der Waals surface area contributed by atoms with E-state index in [0.29, 0.717) is 15.7 Å². The van der Waals surface area contributed by atoms with Gasteiger partial charge in [-0.1, -0.05) is 15.9 Å². The molecule has 0 saturated carbocycles. The van der Waals surface area contributed by atoms with Crippen molar-refractivity contribution < 1.29 is 28.2 Å². The first-order valence-corrected chi connectivity index (χ1v) is 9.28. The predicted octanol–water partition coefficient (Wildman–Crippen LogP) is 3.89. The molecule has 2 N–H and O–H groups in total. The Morgan fingerprint density at radius 3 is 2.54 bits per heavy atom. The maximum atomic E-state index is 13.8. The Hall–Kier alpha value is -2.68. The van der Waals surface area contributed by atoms with Crippen LogP contribution in [0.15, 0.2) is 22.7 Å². The Morgan fingerprint density at radius 1 is 1.25 bits per heavy atom. The lowest BCUT2D eigenvalue weighted by Crippen LogP contribution is -2.30. The summed E-state index contributed by atoms with van der Waals surface area (Å²) in [6.45, 7) is 6.45. The van der Waals surface area contributed by atoms with Gasteiger partial charge in [-0.05, 0) is 51.5 Å². The number of nitrogens with one attached hydrogen (secondary N) is 2. The number of aromatic nitrogens is 1. The van der Waals surface area contributed by atoms with Crippen LogP contribution in [0.25, 0.3) is 0 Å². The lowest BCUT2D eigenvalue weighted by Gasteiger charge is -2.14. The second-order valence-electron chi connectivity index (χ2n) is 6.01. The van der Waals surface area contributed by atoms with E-state index in [1.807, 2.05) is 0 Å². The van der Waals surface area contributed by atoms with Crippen LogP contribution in [0.3, 0.4) is 0 Å². The van der Waals surface area contributed by atoms with Gasteiger partial charge in [0.15, 0.2) is 6.10 Å². The number of amides is 1. The molecule has 1 amide bonds. The van der Waals surface area contributed by atoms with Crippen LogP contribution in [0.4, 0.5) is 10.1 Å². The van der Waals surface area contributed by atoms with E-state index in [0.717, 1.165) is 0 Å². The molecule has 0 fully saturated rings. The summed E-state index contributed by atoms with van der Waals surface area (Å²) in [6.07, 6.45) is -1.19. The van der Waals surface area contributed by atoms with Crippen molar-refractivity contribution in [2.75, 3.05) is 11.9 Å². The van der Waals surface area contributed by atoms with Crippen LogP contribution in [0, 0.1) is 19.7 Å². The number of esters is 2. The Balaban J connectivity index is 2.10. The number of anilines is 1. The van der Waals surface area contributed by atoms with E-state index in [2.05, 4.69) is 26.2 Å². The molecule has 1 atom stereocenters. The minimum absolute atomic E-state index is 0.0346. The van der Waals surface area contributed by atoms with Gasteiger partial charge in [0.25, 0.3) is 5.91 Å². The molecule has 0 spiro atoms.